The number of rotatable bonds is 11. The summed E-state index contributed by atoms with van der Waals surface area (Å²) >= 11 is 0. The molecule has 0 spiro atoms. The molecule has 0 saturated heterocycles. The van der Waals surface area contributed by atoms with Gasteiger partial charge in [-0.05, 0) is 52.3 Å². The first-order chi connectivity index (χ1) is 14.7. The molecule has 1 amide bonds. The van der Waals surface area contributed by atoms with Gasteiger partial charge in [-0.25, -0.2) is 4.79 Å². The predicted octanol–water partition coefficient (Wildman–Crippen LogP) is 1.02. The van der Waals surface area contributed by atoms with Gasteiger partial charge < -0.3 is 35.5 Å². The number of benzene rings is 1. The highest BCUT2D eigenvalue weighted by Gasteiger charge is 2.23. The molecule has 32 heavy (non-hydrogen) atoms. The summed E-state index contributed by atoms with van der Waals surface area (Å²) in [7, 11) is 4.15. The number of carbonyl (C=O) groups excluding carboxylic acids is 1. The van der Waals surface area contributed by atoms with Crippen molar-refractivity contribution >= 4 is 16.9 Å². The molecule has 0 saturated carbocycles. The van der Waals surface area contributed by atoms with Crippen LogP contribution in [0, 0.1) is 0 Å². The van der Waals surface area contributed by atoms with Crippen LogP contribution in [0.5, 0.6) is 5.75 Å². The molecule has 0 aliphatic carbocycles. The Bertz CT molecular complexity index is 974. The predicted molar refractivity (Wildman–Crippen MR) is 126 cm³/mol. The summed E-state index contributed by atoms with van der Waals surface area (Å²) in [5.74, 6) is 0.924. The Hall–Kier alpha value is -2.12. The highest BCUT2D eigenvalue weighted by Crippen LogP contribution is 2.28. The van der Waals surface area contributed by atoms with E-state index in [2.05, 4.69) is 20.2 Å². The van der Waals surface area contributed by atoms with E-state index in [4.69, 9.17) is 9.15 Å². The molecule has 0 unspecified atom stereocenters. The zero-order chi connectivity index (χ0) is 23.0. The number of allylic oxidation sites excluding steroid dienone is 2. The second-order valence-corrected chi connectivity index (χ2v) is 8.79. The zero-order valence-corrected chi connectivity index (χ0v) is 21.8. The normalized spacial score (nSPS) is 11.1. The number of fused-ring (bicyclic) bond motifs is 1. The second-order valence-electron chi connectivity index (χ2n) is 8.79. The fraction of sp³-hybridized carbons (Fsp3) is 0.520. The highest BCUT2D eigenvalue weighted by molar-refractivity contribution is 5.82. The molecule has 0 N–H and O–H groups in total. The monoisotopic (exact) mass is 508 g/mol. The molecular formula is C25H37BrN2O4. The maximum Gasteiger partial charge on any atom is 0.336 e. The lowest BCUT2D eigenvalue weighted by Gasteiger charge is -2.31. The quantitative estimate of drug-likeness (QED) is 0.197. The molecule has 0 aliphatic rings. The van der Waals surface area contributed by atoms with E-state index in [0.717, 1.165) is 42.8 Å². The van der Waals surface area contributed by atoms with Crippen LogP contribution in [-0.2, 0) is 11.2 Å². The van der Waals surface area contributed by atoms with Crippen LogP contribution in [0.4, 0.5) is 0 Å². The largest absolute Gasteiger partial charge is 1.00 e. The van der Waals surface area contributed by atoms with Crippen molar-refractivity contribution in [3.05, 3.63) is 51.9 Å². The van der Waals surface area contributed by atoms with E-state index >= 15 is 0 Å². The molecule has 7 heteroatoms. The minimum atomic E-state index is -0.361. The Morgan fingerprint density at radius 3 is 2.41 bits per heavy atom. The summed E-state index contributed by atoms with van der Waals surface area (Å²) in [4.78, 5) is 26.1. The molecule has 1 aromatic carbocycles. The van der Waals surface area contributed by atoms with E-state index in [1.165, 1.54) is 11.6 Å². The smallest absolute Gasteiger partial charge is 0.336 e. The average molecular weight is 509 g/mol. The molecular weight excluding hydrogens is 472 g/mol. The van der Waals surface area contributed by atoms with Crippen LogP contribution in [-0.4, -0.2) is 62.2 Å². The number of likely N-dealkylation sites (N-methyl/N-ethyl adjacent to an activating group) is 2. The second kappa shape index (κ2) is 12.8. The lowest BCUT2D eigenvalue weighted by Crippen LogP contribution is -3.00. The summed E-state index contributed by atoms with van der Waals surface area (Å²) < 4.78 is 12.2. The van der Waals surface area contributed by atoms with Crippen molar-refractivity contribution in [3.8, 4) is 5.75 Å². The highest BCUT2D eigenvalue weighted by atomic mass is 79.9. The lowest BCUT2D eigenvalue weighted by molar-refractivity contribution is -0.882. The minimum absolute atomic E-state index is 0. The Labute approximate surface area is 202 Å². The Morgan fingerprint density at radius 1 is 1.12 bits per heavy atom. The molecule has 0 fully saturated rings. The van der Waals surface area contributed by atoms with Crippen molar-refractivity contribution in [1.82, 2.24) is 4.90 Å². The number of hydrogen-bond acceptors (Lipinski definition) is 4. The van der Waals surface area contributed by atoms with Gasteiger partial charge in [-0.15, -0.1) is 0 Å². The van der Waals surface area contributed by atoms with E-state index in [9.17, 15) is 9.59 Å². The van der Waals surface area contributed by atoms with Gasteiger partial charge in [0.2, 0.25) is 0 Å². The first-order valence-electron chi connectivity index (χ1n) is 11.1. The molecule has 1 heterocycles. The maximum absolute atomic E-state index is 12.4. The topological polar surface area (TPSA) is 59.8 Å². The van der Waals surface area contributed by atoms with E-state index < -0.39 is 0 Å². The van der Waals surface area contributed by atoms with Crippen molar-refractivity contribution in [2.75, 3.05) is 46.9 Å². The summed E-state index contributed by atoms with van der Waals surface area (Å²) in [5.41, 5.74) is 2.31. The first-order valence-corrected chi connectivity index (χ1v) is 11.1. The number of carbonyl (C=O) groups is 1. The number of hydrogen-bond donors (Lipinski definition) is 0. The molecule has 0 radical (unpaired) electrons. The van der Waals surface area contributed by atoms with Crippen molar-refractivity contribution in [2.24, 2.45) is 0 Å². The molecule has 0 bridgehead atoms. The van der Waals surface area contributed by atoms with Crippen LogP contribution in [0.1, 0.15) is 39.7 Å². The molecule has 2 rings (SSSR count). The first kappa shape index (κ1) is 27.9. The zero-order valence-electron chi connectivity index (χ0n) is 20.2. The summed E-state index contributed by atoms with van der Waals surface area (Å²) in [6.45, 7) is 11.4. The van der Waals surface area contributed by atoms with Gasteiger partial charge in [0.25, 0.3) is 5.91 Å². The number of halogens is 1. The Kier molecular flexibility index (Phi) is 11.2. The van der Waals surface area contributed by atoms with Crippen molar-refractivity contribution in [2.45, 2.75) is 40.5 Å². The third kappa shape index (κ3) is 8.10. The van der Waals surface area contributed by atoms with Crippen LogP contribution in [0.15, 0.2) is 45.1 Å². The van der Waals surface area contributed by atoms with Gasteiger partial charge in [-0.3, -0.25) is 4.79 Å². The summed E-state index contributed by atoms with van der Waals surface area (Å²) in [6, 6.07) is 7.08. The van der Waals surface area contributed by atoms with Crippen molar-refractivity contribution in [3.63, 3.8) is 0 Å². The van der Waals surface area contributed by atoms with E-state index in [0.29, 0.717) is 29.6 Å². The Balaban J connectivity index is 0.00000512. The number of nitrogens with zero attached hydrogens (tertiary/aromatic N) is 2. The molecule has 6 nitrogen and oxygen atoms in total. The fourth-order valence-corrected chi connectivity index (χ4v) is 3.60. The maximum atomic E-state index is 12.4. The van der Waals surface area contributed by atoms with Crippen LogP contribution in [0.25, 0.3) is 11.0 Å². The van der Waals surface area contributed by atoms with E-state index in [1.807, 2.05) is 44.7 Å². The van der Waals surface area contributed by atoms with E-state index in [1.54, 1.807) is 6.07 Å². The van der Waals surface area contributed by atoms with Gasteiger partial charge in [-0.1, -0.05) is 11.6 Å². The van der Waals surface area contributed by atoms with Crippen molar-refractivity contribution in [1.29, 1.82) is 0 Å². The number of ether oxygens (including phenoxy) is 1. The van der Waals surface area contributed by atoms with Gasteiger partial charge in [0, 0.05) is 36.5 Å². The van der Waals surface area contributed by atoms with Crippen LogP contribution in [0.3, 0.4) is 0 Å². The molecule has 2 aromatic rings. The molecule has 0 atom stereocenters. The van der Waals surface area contributed by atoms with Gasteiger partial charge in [0.1, 0.15) is 11.3 Å². The average Bonchev–Trinajstić information content (AvgIpc) is 2.70. The van der Waals surface area contributed by atoms with E-state index in [-0.39, 0.29) is 28.5 Å². The van der Waals surface area contributed by atoms with Gasteiger partial charge in [0.05, 0.1) is 27.2 Å². The fourth-order valence-electron chi connectivity index (χ4n) is 3.60. The standard InChI is InChI=1S/C25H37N2O4.BrH/c1-7-26(8-2)23(28)18-27(5,6)16-9-17-30-22-14-11-20-12-15-24(29)31-25(20)21(22)13-10-19(3)4;/h10-12,14-15H,7-9,13,16-18H2,1-6H3;1H/q+1;/p-1. The van der Waals surface area contributed by atoms with Crippen LogP contribution in [0.2, 0.25) is 0 Å². The third-order valence-electron chi connectivity index (χ3n) is 5.41. The minimum Gasteiger partial charge on any atom is -1.00 e. The van der Waals surface area contributed by atoms with Gasteiger partial charge in [-0.2, -0.15) is 0 Å². The molecule has 0 aliphatic heterocycles. The number of amides is 1. The summed E-state index contributed by atoms with van der Waals surface area (Å²) in [6.07, 6.45) is 3.56. The van der Waals surface area contributed by atoms with Crippen LogP contribution >= 0.6 is 0 Å². The molecule has 1 aromatic heterocycles. The van der Waals surface area contributed by atoms with Crippen LogP contribution < -0.4 is 27.3 Å². The summed E-state index contributed by atoms with van der Waals surface area (Å²) in [5, 5.41) is 0.886. The number of quaternary nitrogens is 1. The Morgan fingerprint density at radius 2 is 1.78 bits per heavy atom. The SMILES string of the molecule is CCN(CC)C(=O)C[N+](C)(C)CCCOc1ccc2ccc(=O)oc2c1CC=C(C)C.[Br-]. The van der Waals surface area contributed by atoms with Crippen molar-refractivity contribution < 1.29 is 35.4 Å². The molecule has 178 valence electrons. The van der Waals surface area contributed by atoms with Gasteiger partial charge >= 0.3 is 5.63 Å². The van der Waals surface area contributed by atoms with Gasteiger partial charge in [0.15, 0.2) is 6.54 Å². The lowest BCUT2D eigenvalue weighted by atomic mass is 10.1. The third-order valence-corrected chi connectivity index (χ3v) is 5.41.